The zero-order chi connectivity index (χ0) is 20.9. The van der Waals surface area contributed by atoms with Gasteiger partial charge < -0.3 is 19.9 Å². The molecule has 2 amide bonds. The molecule has 6 nitrogen and oxygen atoms in total. The first-order chi connectivity index (χ1) is 13.1. The van der Waals surface area contributed by atoms with Gasteiger partial charge in [-0.3, -0.25) is 9.59 Å². The molecular formula is C22H35N3O3. The highest BCUT2D eigenvalue weighted by Gasteiger charge is 2.30. The summed E-state index contributed by atoms with van der Waals surface area (Å²) < 4.78 is 5.79. The van der Waals surface area contributed by atoms with E-state index in [1.165, 1.54) is 0 Å². The number of ether oxygens (including phenoxy) is 1. The van der Waals surface area contributed by atoms with E-state index < -0.39 is 5.41 Å². The SMILES string of the molecule is CCC(=O)Nc1ccc(N(C)C)c(CN(CC2CCCO2)C(=O)C(C)(C)C)c1. The predicted molar refractivity (Wildman–Crippen MR) is 114 cm³/mol. The first-order valence-corrected chi connectivity index (χ1v) is 10.1. The van der Waals surface area contributed by atoms with Gasteiger partial charge in [0, 0.05) is 57.0 Å². The highest BCUT2D eigenvalue weighted by molar-refractivity contribution is 5.91. The van der Waals surface area contributed by atoms with Gasteiger partial charge in [0.2, 0.25) is 11.8 Å². The number of benzene rings is 1. The second-order valence-corrected chi connectivity index (χ2v) is 8.71. The van der Waals surface area contributed by atoms with Crippen LogP contribution in [0.3, 0.4) is 0 Å². The normalized spacial score (nSPS) is 16.7. The van der Waals surface area contributed by atoms with Crippen LogP contribution in [0.1, 0.15) is 52.5 Å². The third-order valence-corrected chi connectivity index (χ3v) is 4.90. The van der Waals surface area contributed by atoms with Crippen molar-refractivity contribution in [3.05, 3.63) is 23.8 Å². The van der Waals surface area contributed by atoms with Crippen molar-refractivity contribution < 1.29 is 14.3 Å². The van der Waals surface area contributed by atoms with E-state index in [-0.39, 0.29) is 17.9 Å². The molecule has 0 saturated carbocycles. The van der Waals surface area contributed by atoms with Gasteiger partial charge in [-0.2, -0.15) is 0 Å². The van der Waals surface area contributed by atoms with Crippen LogP contribution in [0.4, 0.5) is 11.4 Å². The molecule has 0 aliphatic carbocycles. The zero-order valence-electron chi connectivity index (χ0n) is 18.2. The summed E-state index contributed by atoms with van der Waals surface area (Å²) in [6.07, 6.45) is 2.56. The summed E-state index contributed by atoms with van der Waals surface area (Å²) in [5, 5.41) is 2.92. The number of hydrogen-bond acceptors (Lipinski definition) is 4. The monoisotopic (exact) mass is 389 g/mol. The molecule has 1 aliphatic rings. The number of nitrogens with one attached hydrogen (secondary N) is 1. The minimum atomic E-state index is -0.467. The van der Waals surface area contributed by atoms with E-state index in [0.717, 1.165) is 36.4 Å². The molecule has 0 radical (unpaired) electrons. The molecule has 6 heteroatoms. The van der Waals surface area contributed by atoms with Crippen molar-refractivity contribution in [2.45, 2.75) is 59.6 Å². The van der Waals surface area contributed by atoms with Crippen molar-refractivity contribution in [3.63, 3.8) is 0 Å². The maximum absolute atomic E-state index is 13.1. The predicted octanol–water partition coefficient (Wildman–Crippen LogP) is 3.65. The quantitative estimate of drug-likeness (QED) is 0.773. The third kappa shape index (κ3) is 5.96. The fraction of sp³-hybridized carbons (Fsp3) is 0.636. The van der Waals surface area contributed by atoms with Crippen molar-refractivity contribution in [1.29, 1.82) is 0 Å². The summed E-state index contributed by atoms with van der Waals surface area (Å²) in [5.41, 5.74) is 2.33. The first kappa shape index (κ1) is 22.2. The first-order valence-electron chi connectivity index (χ1n) is 10.1. The smallest absolute Gasteiger partial charge is 0.228 e. The average Bonchev–Trinajstić information content (AvgIpc) is 3.12. The maximum Gasteiger partial charge on any atom is 0.228 e. The summed E-state index contributed by atoms with van der Waals surface area (Å²) in [7, 11) is 3.97. The molecule has 1 aliphatic heterocycles. The minimum absolute atomic E-state index is 0.0227. The van der Waals surface area contributed by atoms with Crippen LogP contribution in [0, 0.1) is 5.41 Å². The molecule has 0 aromatic heterocycles. The van der Waals surface area contributed by atoms with E-state index in [4.69, 9.17) is 4.74 Å². The summed E-state index contributed by atoms with van der Waals surface area (Å²) in [6.45, 7) is 9.51. The van der Waals surface area contributed by atoms with Crippen LogP contribution in [0.15, 0.2) is 18.2 Å². The number of nitrogens with zero attached hydrogens (tertiary/aromatic N) is 2. The standard InChI is InChI=1S/C22H35N3O3/c1-7-20(26)23-17-10-11-19(24(5)6)16(13-17)14-25(21(27)22(2,3)4)15-18-9-8-12-28-18/h10-11,13,18H,7-9,12,14-15H2,1-6H3,(H,23,26). The van der Waals surface area contributed by atoms with Crippen molar-refractivity contribution in [2.75, 3.05) is 37.5 Å². The highest BCUT2D eigenvalue weighted by atomic mass is 16.5. The molecule has 0 bridgehead atoms. The Hall–Kier alpha value is -2.08. The molecular weight excluding hydrogens is 354 g/mol. The molecule has 2 rings (SSSR count). The number of hydrogen-bond donors (Lipinski definition) is 1. The van der Waals surface area contributed by atoms with Crippen LogP contribution in [0.25, 0.3) is 0 Å². The van der Waals surface area contributed by atoms with Gasteiger partial charge in [0.25, 0.3) is 0 Å². The average molecular weight is 390 g/mol. The lowest BCUT2D eigenvalue weighted by Crippen LogP contribution is -2.43. The van der Waals surface area contributed by atoms with E-state index in [2.05, 4.69) is 5.32 Å². The maximum atomic E-state index is 13.1. The Bertz CT molecular complexity index is 689. The van der Waals surface area contributed by atoms with Crippen LogP contribution in [-0.2, 0) is 20.9 Å². The van der Waals surface area contributed by atoms with E-state index in [1.54, 1.807) is 0 Å². The molecule has 1 N–H and O–H groups in total. The van der Waals surface area contributed by atoms with Crippen LogP contribution in [0.2, 0.25) is 0 Å². The van der Waals surface area contributed by atoms with E-state index >= 15 is 0 Å². The molecule has 1 fully saturated rings. The number of carbonyl (C=O) groups excluding carboxylic acids is 2. The molecule has 1 heterocycles. The molecule has 1 aromatic rings. The molecule has 156 valence electrons. The molecule has 0 spiro atoms. The van der Waals surface area contributed by atoms with Crippen LogP contribution < -0.4 is 10.2 Å². The topological polar surface area (TPSA) is 61.9 Å². The number of rotatable bonds is 7. The van der Waals surface area contributed by atoms with E-state index in [0.29, 0.717) is 19.5 Å². The van der Waals surface area contributed by atoms with Gasteiger partial charge in [0.15, 0.2) is 0 Å². The van der Waals surface area contributed by atoms with Crippen LogP contribution in [-0.4, -0.2) is 50.1 Å². The van der Waals surface area contributed by atoms with Gasteiger partial charge in [-0.15, -0.1) is 0 Å². The number of anilines is 2. The molecule has 28 heavy (non-hydrogen) atoms. The second kappa shape index (κ2) is 9.41. The van der Waals surface area contributed by atoms with Crippen molar-refractivity contribution in [3.8, 4) is 0 Å². The van der Waals surface area contributed by atoms with Crippen molar-refractivity contribution in [1.82, 2.24) is 4.90 Å². The van der Waals surface area contributed by atoms with E-state index in [9.17, 15) is 9.59 Å². The van der Waals surface area contributed by atoms with Gasteiger partial charge >= 0.3 is 0 Å². The number of amides is 2. The van der Waals surface area contributed by atoms with Gasteiger partial charge in [0.05, 0.1) is 6.10 Å². The Labute approximate surface area is 169 Å². The Balaban J connectivity index is 2.32. The van der Waals surface area contributed by atoms with Crippen molar-refractivity contribution in [2.24, 2.45) is 5.41 Å². The van der Waals surface area contributed by atoms with Gasteiger partial charge in [-0.05, 0) is 36.6 Å². The lowest BCUT2D eigenvalue weighted by molar-refractivity contribution is -0.141. The van der Waals surface area contributed by atoms with Gasteiger partial charge in [-0.25, -0.2) is 0 Å². The van der Waals surface area contributed by atoms with Crippen LogP contribution in [0.5, 0.6) is 0 Å². The Morgan fingerprint density at radius 3 is 2.50 bits per heavy atom. The fourth-order valence-electron chi connectivity index (χ4n) is 3.41. The van der Waals surface area contributed by atoms with Gasteiger partial charge in [-0.1, -0.05) is 27.7 Å². The summed E-state index contributed by atoms with van der Waals surface area (Å²) in [5.74, 6) is 0.0845. The molecule has 1 atom stereocenters. The highest BCUT2D eigenvalue weighted by Crippen LogP contribution is 2.28. The number of carbonyl (C=O) groups is 2. The zero-order valence-corrected chi connectivity index (χ0v) is 18.2. The molecule has 1 aromatic carbocycles. The summed E-state index contributed by atoms with van der Waals surface area (Å²) in [4.78, 5) is 28.9. The van der Waals surface area contributed by atoms with E-state index in [1.807, 2.05) is 69.8 Å². The largest absolute Gasteiger partial charge is 0.377 e. The Morgan fingerprint density at radius 2 is 1.96 bits per heavy atom. The second-order valence-electron chi connectivity index (χ2n) is 8.71. The summed E-state index contributed by atoms with van der Waals surface area (Å²) in [6, 6.07) is 5.87. The Morgan fingerprint density at radius 1 is 1.25 bits per heavy atom. The lowest BCUT2D eigenvalue weighted by atomic mass is 9.94. The summed E-state index contributed by atoms with van der Waals surface area (Å²) >= 11 is 0. The van der Waals surface area contributed by atoms with Crippen molar-refractivity contribution >= 4 is 23.2 Å². The van der Waals surface area contributed by atoms with Crippen LogP contribution >= 0.6 is 0 Å². The fourth-order valence-corrected chi connectivity index (χ4v) is 3.41. The lowest BCUT2D eigenvalue weighted by Gasteiger charge is -2.32. The molecule has 1 unspecified atom stereocenters. The molecule has 1 saturated heterocycles. The Kier molecular flexibility index (Phi) is 7.47. The minimum Gasteiger partial charge on any atom is -0.377 e. The van der Waals surface area contributed by atoms with Gasteiger partial charge in [0.1, 0.15) is 0 Å². The third-order valence-electron chi connectivity index (χ3n) is 4.90.